The zero-order valence-electron chi connectivity index (χ0n) is 12.6. The van der Waals surface area contributed by atoms with Crippen LogP contribution in [-0.4, -0.2) is 17.9 Å². The first-order valence-electron chi connectivity index (χ1n) is 7.02. The fourth-order valence-corrected chi connectivity index (χ4v) is 2.33. The average Bonchev–Trinajstić information content (AvgIpc) is 2.54. The van der Waals surface area contributed by atoms with E-state index in [4.69, 9.17) is 15.5 Å². The fraction of sp³-hybridized carbons (Fsp3) is 0.111. The van der Waals surface area contributed by atoms with Crippen LogP contribution in [0.1, 0.15) is 6.92 Å². The van der Waals surface area contributed by atoms with Gasteiger partial charge in [-0.2, -0.15) is 0 Å². The molecule has 0 amide bonds. The molecule has 22 heavy (non-hydrogen) atoms. The van der Waals surface area contributed by atoms with Crippen molar-refractivity contribution in [1.82, 2.24) is 4.98 Å². The minimum atomic E-state index is 0.542. The number of aromatic nitrogens is 1. The van der Waals surface area contributed by atoms with Crippen LogP contribution in [0.4, 0.5) is 5.69 Å². The molecular formula is C18H17N3O. The summed E-state index contributed by atoms with van der Waals surface area (Å²) in [6.07, 6.45) is 0. The molecule has 0 bridgehead atoms. The molecule has 4 heteroatoms. The minimum absolute atomic E-state index is 0.542. The molecule has 0 unspecified atom stereocenters. The molecule has 0 saturated heterocycles. The highest BCUT2D eigenvalue weighted by atomic mass is 16.5. The topological polar surface area (TPSA) is 60.5 Å². The van der Waals surface area contributed by atoms with E-state index in [1.54, 1.807) is 14.0 Å². The minimum Gasteiger partial charge on any atom is -0.497 e. The summed E-state index contributed by atoms with van der Waals surface area (Å²) in [6, 6.07) is 17.8. The molecule has 0 aliphatic heterocycles. The van der Waals surface area contributed by atoms with Crippen molar-refractivity contribution in [3.8, 4) is 17.0 Å². The van der Waals surface area contributed by atoms with Gasteiger partial charge in [-0.3, -0.25) is 0 Å². The Morgan fingerprint density at radius 2 is 1.95 bits per heavy atom. The summed E-state index contributed by atoms with van der Waals surface area (Å²) in [6.45, 7) is 1.77. The van der Waals surface area contributed by atoms with Crippen molar-refractivity contribution in [2.45, 2.75) is 6.92 Å². The van der Waals surface area contributed by atoms with Gasteiger partial charge in [0.2, 0.25) is 0 Å². The highest BCUT2D eigenvalue weighted by molar-refractivity contribution is 5.86. The van der Waals surface area contributed by atoms with Crippen LogP contribution in [0.25, 0.3) is 22.2 Å². The predicted octanol–water partition coefficient (Wildman–Crippen LogP) is 3.92. The first kappa shape index (κ1) is 14.1. The molecule has 1 heterocycles. The molecule has 4 nitrogen and oxygen atoms in total. The maximum atomic E-state index is 5.62. The van der Waals surface area contributed by atoms with E-state index in [9.17, 15) is 0 Å². The van der Waals surface area contributed by atoms with E-state index < -0.39 is 0 Å². The summed E-state index contributed by atoms with van der Waals surface area (Å²) in [5.41, 5.74) is 9.32. The largest absolute Gasteiger partial charge is 0.497 e. The highest BCUT2D eigenvalue weighted by Crippen LogP contribution is 2.26. The molecule has 2 aromatic carbocycles. The molecule has 3 rings (SSSR count). The van der Waals surface area contributed by atoms with Crippen molar-refractivity contribution >= 4 is 22.4 Å². The van der Waals surface area contributed by atoms with Gasteiger partial charge in [0.25, 0.3) is 0 Å². The molecule has 0 saturated carbocycles. The second-order valence-corrected chi connectivity index (χ2v) is 5.06. The number of hydrogen-bond acceptors (Lipinski definition) is 3. The van der Waals surface area contributed by atoms with Gasteiger partial charge in [-0.15, -0.1) is 0 Å². The molecule has 0 aliphatic carbocycles. The van der Waals surface area contributed by atoms with Crippen LogP contribution < -0.4 is 10.5 Å². The van der Waals surface area contributed by atoms with Gasteiger partial charge < -0.3 is 10.5 Å². The lowest BCUT2D eigenvalue weighted by Crippen LogP contribution is -2.03. The van der Waals surface area contributed by atoms with Crippen LogP contribution in [0, 0.1) is 0 Å². The lowest BCUT2D eigenvalue weighted by Gasteiger charge is -2.06. The monoisotopic (exact) mass is 291 g/mol. The van der Waals surface area contributed by atoms with Crippen LogP contribution in [0.2, 0.25) is 0 Å². The third-order valence-electron chi connectivity index (χ3n) is 3.34. The maximum Gasteiger partial charge on any atom is 0.119 e. The van der Waals surface area contributed by atoms with Crippen LogP contribution in [0.15, 0.2) is 59.6 Å². The molecule has 0 fully saturated rings. The van der Waals surface area contributed by atoms with Crippen molar-refractivity contribution < 1.29 is 4.74 Å². The molecule has 0 radical (unpaired) electrons. The Morgan fingerprint density at radius 3 is 2.73 bits per heavy atom. The number of ether oxygens (including phenoxy) is 1. The standard InChI is InChI=1S/C18H17N3O/c1-12(19)20-15-7-9-18-14(10-15)6-8-17(21-18)13-4-3-5-16(11-13)22-2/h3-11H,1-2H3,(H2,19,20). The quantitative estimate of drug-likeness (QED) is 0.587. The van der Waals surface area contributed by atoms with E-state index >= 15 is 0 Å². The Bertz CT molecular complexity index is 852. The van der Waals surface area contributed by atoms with Crippen LogP contribution in [0.3, 0.4) is 0 Å². The Balaban J connectivity index is 2.04. The number of methoxy groups -OCH3 is 1. The summed E-state index contributed by atoms with van der Waals surface area (Å²) in [7, 11) is 1.66. The van der Waals surface area contributed by atoms with E-state index in [0.717, 1.165) is 33.6 Å². The Hall–Kier alpha value is -2.88. The fourth-order valence-electron chi connectivity index (χ4n) is 2.33. The number of hydrogen-bond donors (Lipinski definition) is 1. The first-order chi connectivity index (χ1) is 10.7. The summed E-state index contributed by atoms with van der Waals surface area (Å²) < 4.78 is 5.26. The van der Waals surface area contributed by atoms with Crippen LogP contribution in [-0.2, 0) is 0 Å². The van der Waals surface area contributed by atoms with E-state index in [1.165, 1.54) is 0 Å². The lowest BCUT2D eigenvalue weighted by atomic mass is 10.1. The Morgan fingerprint density at radius 1 is 1.09 bits per heavy atom. The SMILES string of the molecule is COc1cccc(-c2ccc3cc(N=C(C)N)ccc3n2)c1. The third-order valence-corrected chi connectivity index (χ3v) is 3.34. The van der Waals surface area contributed by atoms with Gasteiger partial charge in [0.1, 0.15) is 5.75 Å². The van der Waals surface area contributed by atoms with Crippen molar-refractivity contribution in [3.63, 3.8) is 0 Å². The van der Waals surface area contributed by atoms with Crippen LogP contribution in [0.5, 0.6) is 5.75 Å². The van der Waals surface area contributed by atoms with Gasteiger partial charge in [-0.25, -0.2) is 9.98 Å². The van der Waals surface area contributed by atoms with E-state index in [0.29, 0.717) is 5.84 Å². The number of rotatable bonds is 3. The van der Waals surface area contributed by atoms with Crippen molar-refractivity contribution in [3.05, 3.63) is 54.6 Å². The zero-order valence-corrected chi connectivity index (χ0v) is 12.6. The molecular weight excluding hydrogens is 274 g/mol. The number of fused-ring (bicyclic) bond motifs is 1. The normalized spacial score (nSPS) is 11.6. The van der Waals surface area contributed by atoms with Crippen molar-refractivity contribution in [1.29, 1.82) is 0 Å². The highest BCUT2D eigenvalue weighted by Gasteiger charge is 2.04. The second kappa shape index (κ2) is 5.85. The van der Waals surface area contributed by atoms with Gasteiger partial charge in [0.05, 0.1) is 29.8 Å². The van der Waals surface area contributed by atoms with Crippen LogP contribution >= 0.6 is 0 Å². The number of aliphatic imine (C=N–C) groups is 1. The zero-order chi connectivity index (χ0) is 15.5. The smallest absolute Gasteiger partial charge is 0.119 e. The van der Waals surface area contributed by atoms with Gasteiger partial charge >= 0.3 is 0 Å². The molecule has 3 aromatic rings. The Kier molecular flexibility index (Phi) is 3.74. The number of pyridine rings is 1. The number of amidine groups is 1. The van der Waals surface area contributed by atoms with Crippen molar-refractivity contribution in [2.75, 3.05) is 7.11 Å². The average molecular weight is 291 g/mol. The van der Waals surface area contributed by atoms with Crippen molar-refractivity contribution in [2.24, 2.45) is 10.7 Å². The third kappa shape index (κ3) is 2.91. The molecule has 0 aliphatic rings. The van der Waals surface area contributed by atoms with E-state index in [1.807, 2.05) is 54.6 Å². The summed E-state index contributed by atoms with van der Waals surface area (Å²) >= 11 is 0. The molecule has 0 atom stereocenters. The predicted molar refractivity (Wildman–Crippen MR) is 90.7 cm³/mol. The first-order valence-corrected chi connectivity index (χ1v) is 7.02. The number of nitrogens with two attached hydrogens (primary N) is 1. The van der Waals surface area contributed by atoms with Gasteiger partial charge in [0.15, 0.2) is 0 Å². The van der Waals surface area contributed by atoms with E-state index in [-0.39, 0.29) is 0 Å². The number of nitrogens with zero attached hydrogens (tertiary/aromatic N) is 2. The summed E-state index contributed by atoms with van der Waals surface area (Å²) in [5, 5.41) is 1.04. The van der Waals surface area contributed by atoms with E-state index in [2.05, 4.69) is 4.99 Å². The molecule has 0 spiro atoms. The number of benzene rings is 2. The molecule has 1 aromatic heterocycles. The molecule has 2 N–H and O–H groups in total. The maximum absolute atomic E-state index is 5.62. The second-order valence-electron chi connectivity index (χ2n) is 5.06. The molecule has 110 valence electrons. The van der Waals surface area contributed by atoms with Gasteiger partial charge in [0, 0.05) is 10.9 Å². The summed E-state index contributed by atoms with van der Waals surface area (Å²) in [5.74, 6) is 1.36. The summed E-state index contributed by atoms with van der Waals surface area (Å²) in [4.78, 5) is 8.97. The Labute approximate surface area is 129 Å². The lowest BCUT2D eigenvalue weighted by molar-refractivity contribution is 0.415. The van der Waals surface area contributed by atoms with Gasteiger partial charge in [-0.1, -0.05) is 18.2 Å². The van der Waals surface area contributed by atoms with Gasteiger partial charge in [-0.05, 0) is 43.3 Å².